The average molecular weight is 197 g/mol. The van der Waals surface area contributed by atoms with Crippen LogP contribution in [0.5, 0.6) is 0 Å². The maximum atomic E-state index is 11.3. The Bertz CT molecular complexity index is 223. The molecular formula is C11H19NO2. The van der Waals surface area contributed by atoms with E-state index < -0.39 is 0 Å². The van der Waals surface area contributed by atoms with E-state index in [0.29, 0.717) is 12.3 Å². The van der Waals surface area contributed by atoms with Gasteiger partial charge in [0.2, 0.25) is 5.91 Å². The summed E-state index contributed by atoms with van der Waals surface area (Å²) in [4.78, 5) is 13.1. The Kier molecular flexibility index (Phi) is 2.77. The first-order valence-corrected chi connectivity index (χ1v) is 5.60. The molecule has 1 N–H and O–H groups in total. The molecule has 3 heteroatoms. The van der Waals surface area contributed by atoms with Crippen LogP contribution in [0.15, 0.2) is 0 Å². The van der Waals surface area contributed by atoms with Crippen LogP contribution in [0.4, 0.5) is 0 Å². The monoisotopic (exact) mass is 197 g/mol. The van der Waals surface area contributed by atoms with Crippen LogP contribution >= 0.6 is 0 Å². The third-order valence-electron chi connectivity index (χ3n) is 3.74. The summed E-state index contributed by atoms with van der Waals surface area (Å²) in [6.07, 6.45) is 5.10. The molecule has 1 saturated heterocycles. The first-order chi connectivity index (χ1) is 6.68. The van der Waals surface area contributed by atoms with Crippen LogP contribution in [-0.4, -0.2) is 35.6 Å². The molecule has 2 unspecified atom stereocenters. The second kappa shape index (κ2) is 3.89. The molecule has 0 spiro atoms. The molecule has 2 rings (SSSR count). The van der Waals surface area contributed by atoms with E-state index in [1.165, 1.54) is 12.8 Å². The average Bonchev–Trinajstić information content (AvgIpc) is 2.76. The Morgan fingerprint density at radius 3 is 2.50 bits per heavy atom. The second-order valence-electron chi connectivity index (χ2n) is 4.77. The van der Waals surface area contributed by atoms with Crippen molar-refractivity contribution in [3.63, 3.8) is 0 Å². The quantitative estimate of drug-likeness (QED) is 0.718. The molecule has 0 radical (unpaired) electrons. The maximum absolute atomic E-state index is 11.3. The molecule has 0 bridgehead atoms. The van der Waals surface area contributed by atoms with Gasteiger partial charge in [0.25, 0.3) is 0 Å². The number of carbonyl (C=O) groups is 1. The van der Waals surface area contributed by atoms with E-state index in [4.69, 9.17) is 0 Å². The summed E-state index contributed by atoms with van der Waals surface area (Å²) >= 11 is 0. The van der Waals surface area contributed by atoms with Crippen LogP contribution in [0, 0.1) is 11.8 Å². The minimum absolute atomic E-state index is 0.187. The third kappa shape index (κ3) is 1.78. The first kappa shape index (κ1) is 9.97. The number of hydrogen-bond donors (Lipinski definition) is 1. The van der Waals surface area contributed by atoms with Gasteiger partial charge in [-0.2, -0.15) is 0 Å². The SMILES string of the molecule is CN1CC(C(O)C2CCCC2)CC1=O. The predicted molar refractivity (Wildman–Crippen MR) is 53.7 cm³/mol. The molecule has 14 heavy (non-hydrogen) atoms. The van der Waals surface area contributed by atoms with Crippen molar-refractivity contribution in [3.8, 4) is 0 Å². The fourth-order valence-electron chi connectivity index (χ4n) is 2.81. The van der Waals surface area contributed by atoms with Crippen LogP contribution in [0.2, 0.25) is 0 Å². The number of nitrogens with zero attached hydrogens (tertiary/aromatic N) is 1. The van der Waals surface area contributed by atoms with Gasteiger partial charge in [-0.3, -0.25) is 4.79 Å². The molecule has 3 nitrogen and oxygen atoms in total. The Balaban J connectivity index is 1.92. The van der Waals surface area contributed by atoms with Gasteiger partial charge in [-0.1, -0.05) is 12.8 Å². The highest BCUT2D eigenvalue weighted by molar-refractivity contribution is 5.78. The van der Waals surface area contributed by atoms with Crippen molar-refractivity contribution in [1.29, 1.82) is 0 Å². The molecule has 0 aromatic heterocycles. The summed E-state index contributed by atoms with van der Waals surface area (Å²) < 4.78 is 0. The highest BCUT2D eigenvalue weighted by atomic mass is 16.3. The Morgan fingerprint density at radius 2 is 2.00 bits per heavy atom. The first-order valence-electron chi connectivity index (χ1n) is 5.60. The molecule has 2 aliphatic rings. The van der Waals surface area contributed by atoms with Crippen molar-refractivity contribution >= 4 is 5.91 Å². The van der Waals surface area contributed by atoms with Gasteiger partial charge in [0.1, 0.15) is 0 Å². The largest absolute Gasteiger partial charge is 0.392 e. The normalized spacial score (nSPS) is 31.4. The molecule has 2 atom stereocenters. The number of likely N-dealkylation sites (tertiary alicyclic amines) is 1. The van der Waals surface area contributed by atoms with Crippen LogP contribution in [0.1, 0.15) is 32.1 Å². The molecule has 1 saturated carbocycles. The van der Waals surface area contributed by atoms with Gasteiger partial charge in [-0.05, 0) is 18.8 Å². The summed E-state index contributed by atoms with van der Waals surface area (Å²) in [5.41, 5.74) is 0. The number of carbonyl (C=O) groups excluding carboxylic acids is 1. The Hall–Kier alpha value is -0.570. The molecule has 80 valence electrons. The molecule has 1 aliphatic carbocycles. The van der Waals surface area contributed by atoms with Crippen LogP contribution in [-0.2, 0) is 4.79 Å². The standard InChI is InChI=1S/C11H19NO2/c1-12-7-9(6-10(12)13)11(14)8-4-2-3-5-8/h8-9,11,14H,2-7H2,1H3. The van der Waals surface area contributed by atoms with Gasteiger partial charge in [-0.25, -0.2) is 0 Å². The van der Waals surface area contributed by atoms with Crippen molar-refractivity contribution in [3.05, 3.63) is 0 Å². The number of hydrogen-bond acceptors (Lipinski definition) is 2. The summed E-state index contributed by atoms with van der Waals surface area (Å²) in [6.45, 7) is 0.747. The summed E-state index contributed by atoms with van der Waals surface area (Å²) in [7, 11) is 1.82. The number of aliphatic hydroxyl groups excluding tert-OH is 1. The lowest BCUT2D eigenvalue weighted by molar-refractivity contribution is -0.126. The zero-order valence-corrected chi connectivity index (χ0v) is 8.78. The topological polar surface area (TPSA) is 40.5 Å². The minimum Gasteiger partial charge on any atom is -0.392 e. The van der Waals surface area contributed by atoms with E-state index in [1.54, 1.807) is 4.90 Å². The zero-order chi connectivity index (χ0) is 10.1. The van der Waals surface area contributed by atoms with Crippen molar-refractivity contribution in [2.45, 2.75) is 38.2 Å². The van der Waals surface area contributed by atoms with E-state index in [0.717, 1.165) is 19.4 Å². The second-order valence-corrected chi connectivity index (χ2v) is 4.77. The smallest absolute Gasteiger partial charge is 0.222 e. The maximum Gasteiger partial charge on any atom is 0.222 e. The third-order valence-corrected chi connectivity index (χ3v) is 3.74. The van der Waals surface area contributed by atoms with E-state index in [9.17, 15) is 9.90 Å². The summed E-state index contributed by atoms with van der Waals surface area (Å²) in [5, 5.41) is 10.1. The lowest BCUT2D eigenvalue weighted by Crippen LogP contribution is -2.29. The molecule has 2 fully saturated rings. The van der Waals surface area contributed by atoms with Crippen LogP contribution < -0.4 is 0 Å². The lowest BCUT2D eigenvalue weighted by Gasteiger charge is -2.23. The Morgan fingerprint density at radius 1 is 1.36 bits per heavy atom. The van der Waals surface area contributed by atoms with Gasteiger partial charge < -0.3 is 10.0 Å². The minimum atomic E-state index is -0.244. The zero-order valence-electron chi connectivity index (χ0n) is 8.78. The molecule has 0 aromatic rings. The van der Waals surface area contributed by atoms with Crippen molar-refractivity contribution in [1.82, 2.24) is 4.90 Å². The van der Waals surface area contributed by atoms with Crippen molar-refractivity contribution in [2.24, 2.45) is 11.8 Å². The van der Waals surface area contributed by atoms with Gasteiger partial charge in [0.15, 0.2) is 0 Å². The number of amides is 1. The van der Waals surface area contributed by atoms with Gasteiger partial charge in [-0.15, -0.1) is 0 Å². The van der Waals surface area contributed by atoms with E-state index >= 15 is 0 Å². The molecule has 1 aliphatic heterocycles. The molecule has 1 amide bonds. The number of rotatable bonds is 2. The molecule has 0 aromatic carbocycles. The fourth-order valence-corrected chi connectivity index (χ4v) is 2.81. The van der Waals surface area contributed by atoms with E-state index in [-0.39, 0.29) is 17.9 Å². The molecule has 1 heterocycles. The van der Waals surface area contributed by atoms with E-state index in [1.807, 2.05) is 7.05 Å². The summed E-state index contributed by atoms with van der Waals surface area (Å²) in [6, 6.07) is 0. The highest BCUT2D eigenvalue weighted by Crippen LogP contribution is 2.33. The van der Waals surface area contributed by atoms with Crippen LogP contribution in [0.3, 0.4) is 0 Å². The van der Waals surface area contributed by atoms with Gasteiger partial charge >= 0.3 is 0 Å². The van der Waals surface area contributed by atoms with Gasteiger partial charge in [0.05, 0.1) is 6.10 Å². The molecular weight excluding hydrogens is 178 g/mol. The van der Waals surface area contributed by atoms with Gasteiger partial charge in [0, 0.05) is 25.9 Å². The van der Waals surface area contributed by atoms with Crippen molar-refractivity contribution in [2.75, 3.05) is 13.6 Å². The van der Waals surface area contributed by atoms with E-state index in [2.05, 4.69) is 0 Å². The summed E-state index contributed by atoms with van der Waals surface area (Å²) in [5.74, 6) is 0.835. The number of aliphatic hydroxyl groups is 1. The van der Waals surface area contributed by atoms with Crippen molar-refractivity contribution < 1.29 is 9.90 Å². The fraction of sp³-hybridized carbons (Fsp3) is 0.909. The lowest BCUT2D eigenvalue weighted by atomic mass is 9.89. The van der Waals surface area contributed by atoms with Crippen LogP contribution in [0.25, 0.3) is 0 Å². The Labute approximate surface area is 85.1 Å². The predicted octanol–water partition coefficient (Wildman–Crippen LogP) is 1.02. The highest BCUT2D eigenvalue weighted by Gasteiger charge is 2.36.